The van der Waals surface area contributed by atoms with Crippen LogP contribution in [0.2, 0.25) is 0 Å². The monoisotopic (exact) mass is 235 g/mol. The van der Waals surface area contributed by atoms with Gasteiger partial charge in [-0.1, -0.05) is 43.9 Å². The second kappa shape index (κ2) is 5.63. The zero-order valence-corrected chi connectivity index (χ0v) is 10.4. The standard InChI is InChI=1S/C15H22FN/c16-14-8-4-3-7-13(14)11-15(12-17)9-5-1-2-6-10-15/h3-4,7-8H,1-2,5-6,9-12,17H2. The zero-order chi connectivity index (χ0) is 12.1. The molecule has 0 saturated heterocycles. The van der Waals surface area contributed by atoms with Crippen LogP contribution in [0, 0.1) is 11.2 Å². The molecule has 2 N–H and O–H groups in total. The molecule has 1 aliphatic rings. The van der Waals surface area contributed by atoms with Gasteiger partial charge in [0.15, 0.2) is 0 Å². The van der Waals surface area contributed by atoms with Gasteiger partial charge in [-0.05, 0) is 42.9 Å². The van der Waals surface area contributed by atoms with Gasteiger partial charge in [0.2, 0.25) is 0 Å². The summed E-state index contributed by atoms with van der Waals surface area (Å²) in [6.07, 6.45) is 8.20. The van der Waals surface area contributed by atoms with Crippen LogP contribution in [-0.2, 0) is 6.42 Å². The lowest BCUT2D eigenvalue weighted by molar-refractivity contribution is 0.249. The minimum atomic E-state index is -0.0791. The predicted octanol–water partition coefficient (Wildman–Crippen LogP) is 3.67. The molecule has 0 atom stereocenters. The molecule has 2 heteroatoms. The van der Waals surface area contributed by atoms with Crippen LogP contribution in [0.1, 0.15) is 44.1 Å². The Bertz CT molecular complexity index is 354. The Kier molecular flexibility index (Phi) is 4.16. The molecular formula is C15H22FN. The van der Waals surface area contributed by atoms with E-state index in [0.29, 0.717) is 6.54 Å². The fraction of sp³-hybridized carbons (Fsp3) is 0.600. The van der Waals surface area contributed by atoms with Gasteiger partial charge in [-0.25, -0.2) is 4.39 Å². The minimum Gasteiger partial charge on any atom is -0.330 e. The van der Waals surface area contributed by atoms with Crippen LogP contribution in [0.25, 0.3) is 0 Å². The maximum atomic E-state index is 13.7. The first-order chi connectivity index (χ1) is 8.26. The highest BCUT2D eigenvalue weighted by Gasteiger charge is 2.30. The molecule has 1 aromatic carbocycles. The van der Waals surface area contributed by atoms with Gasteiger partial charge < -0.3 is 5.73 Å². The molecular weight excluding hydrogens is 213 g/mol. The van der Waals surface area contributed by atoms with Crippen LogP contribution in [-0.4, -0.2) is 6.54 Å². The van der Waals surface area contributed by atoms with Crippen molar-refractivity contribution in [2.75, 3.05) is 6.54 Å². The van der Waals surface area contributed by atoms with E-state index in [0.717, 1.165) is 24.8 Å². The van der Waals surface area contributed by atoms with Crippen molar-refractivity contribution in [2.45, 2.75) is 44.9 Å². The van der Waals surface area contributed by atoms with Gasteiger partial charge in [-0.2, -0.15) is 0 Å². The Hall–Kier alpha value is -0.890. The maximum absolute atomic E-state index is 13.7. The molecule has 0 spiro atoms. The third-order valence-electron chi connectivity index (χ3n) is 4.12. The normalized spacial score (nSPS) is 19.9. The van der Waals surface area contributed by atoms with Gasteiger partial charge in [0.05, 0.1) is 0 Å². The summed E-state index contributed by atoms with van der Waals surface area (Å²) in [5, 5.41) is 0. The van der Waals surface area contributed by atoms with Gasteiger partial charge in [-0.15, -0.1) is 0 Å². The van der Waals surface area contributed by atoms with Crippen molar-refractivity contribution in [1.29, 1.82) is 0 Å². The lowest BCUT2D eigenvalue weighted by atomic mass is 9.75. The third-order valence-corrected chi connectivity index (χ3v) is 4.12. The molecule has 2 rings (SSSR count). The maximum Gasteiger partial charge on any atom is 0.126 e. The Morgan fingerprint density at radius 1 is 1.06 bits per heavy atom. The Labute approximate surface area is 103 Å². The number of nitrogens with two attached hydrogens (primary N) is 1. The van der Waals surface area contributed by atoms with Gasteiger partial charge in [0, 0.05) is 0 Å². The summed E-state index contributed by atoms with van der Waals surface area (Å²) >= 11 is 0. The average Bonchev–Trinajstić information content (AvgIpc) is 2.58. The molecule has 0 heterocycles. The summed E-state index contributed by atoms with van der Waals surface area (Å²) in [6, 6.07) is 7.12. The molecule has 94 valence electrons. The van der Waals surface area contributed by atoms with Crippen molar-refractivity contribution < 1.29 is 4.39 Å². The molecule has 0 bridgehead atoms. The van der Waals surface area contributed by atoms with Crippen LogP contribution < -0.4 is 5.73 Å². The first-order valence-corrected chi connectivity index (χ1v) is 6.69. The largest absolute Gasteiger partial charge is 0.330 e. The highest BCUT2D eigenvalue weighted by atomic mass is 19.1. The van der Waals surface area contributed by atoms with E-state index >= 15 is 0 Å². The Morgan fingerprint density at radius 3 is 2.29 bits per heavy atom. The molecule has 0 aliphatic heterocycles. The molecule has 1 aliphatic carbocycles. The van der Waals surface area contributed by atoms with E-state index in [1.807, 2.05) is 12.1 Å². The van der Waals surface area contributed by atoms with Crippen LogP contribution in [0.15, 0.2) is 24.3 Å². The second-order valence-electron chi connectivity index (χ2n) is 5.39. The van der Waals surface area contributed by atoms with Crippen LogP contribution >= 0.6 is 0 Å². The molecule has 0 unspecified atom stereocenters. The van der Waals surface area contributed by atoms with E-state index in [1.165, 1.54) is 25.7 Å². The van der Waals surface area contributed by atoms with Crippen molar-refractivity contribution in [3.63, 3.8) is 0 Å². The summed E-state index contributed by atoms with van der Waals surface area (Å²) in [7, 11) is 0. The van der Waals surface area contributed by atoms with Crippen LogP contribution in [0.5, 0.6) is 0 Å². The molecule has 1 aromatic rings. The third kappa shape index (κ3) is 3.06. The van der Waals surface area contributed by atoms with Crippen LogP contribution in [0.3, 0.4) is 0 Å². The first kappa shape index (κ1) is 12.6. The highest BCUT2D eigenvalue weighted by Crippen LogP contribution is 2.37. The van der Waals surface area contributed by atoms with E-state index in [2.05, 4.69) is 0 Å². The SMILES string of the molecule is NCC1(Cc2ccccc2F)CCCCCC1. The van der Waals surface area contributed by atoms with E-state index in [4.69, 9.17) is 5.73 Å². The van der Waals surface area contributed by atoms with Gasteiger partial charge in [0.25, 0.3) is 0 Å². The predicted molar refractivity (Wildman–Crippen MR) is 69.3 cm³/mol. The minimum absolute atomic E-state index is 0.0791. The quantitative estimate of drug-likeness (QED) is 0.795. The smallest absolute Gasteiger partial charge is 0.126 e. The lowest BCUT2D eigenvalue weighted by Gasteiger charge is -2.31. The number of rotatable bonds is 3. The summed E-state index contributed by atoms with van der Waals surface area (Å²) in [5.74, 6) is -0.0791. The lowest BCUT2D eigenvalue weighted by Crippen LogP contribution is -2.32. The van der Waals surface area contributed by atoms with E-state index < -0.39 is 0 Å². The van der Waals surface area contributed by atoms with Crippen molar-refractivity contribution in [2.24, 2.45) is 11.1 Å². The van der Waals surface area contributed by atoms with E-state index in [9.17, 15) is 4.39 Å². The zero-order valence-electron chi connectivity index (χ0n) is 10.4. The first-order valence-electron chi connectivity index (χ1n) is 6.69. The molecule has 17 heavy (non-hydrogen) atoms. The molecule has 1 nitrogen and oxygen atoms in total. The van der Waals surface area contributed by atoms with Crippen molar-refractivity contribution in [3.05, 3.63) is 35.6 Å². The average molecular weight is 235 g/mol. The van der Waals surface area contributed by atoms with Crippen molar-refractivity contribution in [1.82, 2.24) is 0 Å². The molecule has 1 saturated carbocycles. The summed E-state index contributed by atoms with van der Waals surface area (Å²) in [4.78, 5) is 0. The second-order valence-corrected chi connectivity index (χ2v) is 5.39. The Morgan fingerprint density at radius 2 is 1.71 bits per heavy atom. The molecule has 0 radical (unpaired) electrons. The van der Waals surface area contributed by atoms with Crippen molar-refractivity contribution >= 4 is 0 Å². The Balaban J connectivity index is 2.15. The summed E-state index contributed by atoms with van der Waals surface area (Å²) in [5.41, 5.74) is 6.95. The molecule has 0 amide bonds. The molecule has 1 fully saturated rings. The number of hydrogen-bond donors (Lipinski definition) is 1. The van der Waals surface area contributed by atoms with E-state index in [-0.39, 0.29) is 11.2 Å². The van der Waals surface area contributed by atoms with Gasteiger partial charge in [0.1, 0.15) is 5.82 Å². The highest BCUT2D eigenvalue weighted by molar-refractivity contribution is 5.19. The summed E-state index contributed by atoms with van der Waals surface area (Å²) < 4.78 is 13.7. The number of halogens is 1. The fourth-order valence-electron chi connectivity index (χ4n) is 2.98. The van der Waals surface area contributed by atoms with Crippen molar-refractivity contribution in [3.8, 4) is 0 Å². The number of benzene rings is 1. The topological polar surface area (TPSA) is 26.0 Å². The van der Waals surface area contributed by atoms with Gasteiger partial charge in [-0.3, -0.25) is 0 Å². The summed E-state index contributed by atoms with van der Waals surface area (Å²) in [6.45, 7) is 0.682. The van der Waals surface area contributed by atoms with Gasteiger partial charge >= 0.3 is 0 Å². The van der Waals surface area contributed by atoms with E-state index in [1.54, 1.807) is 12.1 Å². The number of hydrogen-bond acceptors (Lipinski definition) is 1. The molecule has 0 aromatic heterocycles. The fourth-order valence-corrected chi connectivity index (χ4v) is 2.98. The van der Waals surface area contributed by atoms with Crippen LogP contribution in [0.4, 0.5) is 4.39 Å².